The number of benzene rings is 2. The van der Waals surface area contributed by atoms with Crippen molar-refractivity contribution in [1.29, 1.82) is 0 Å². The molecule has 24 heavy (non-hydrogen) atoms. The van der Waals surface area contributed by atoms with E-state index in [0.717, 1.165) is 16.7 Å². The molecule has 0 saturated heterocycles. The summed E-state index contributed by atoms with van der Waals surface area (Å²) < 4.78 is 19.3. The topological polar surface area (TPSA) is 38.3 Å². The Morgan fingerprint density at radius 1 is 1.21 bits per heavy atom. The summed E-state index contributed by atoms with van der Waals surface area (Å²) in [4.78, 5) is 12.5. The smallest absolute Gasteiger partial charge is 0.261 e. The molecule has 0 aliphatic heterocycles. The summed E-state index contributed by atoms with van der Waals surface area (Å²) in [6.45, 7) is 7.82. The van der Waals surface area contributed by atoms with E-state index in [-0.39, 0.29) is 17.7 Å². The van der Waals surface area contributed by atoms with Crippen molar-refractivity contribution >= 4 is 5.91 Å². The normalized spacial score (nSPS) is 13.2. The van der Waals surface area contributed by atoms with Gasteiger partial charge < -0.3 is 10.1 Å². The summed E-state index contributed by atoms with van der Waals surface area (Å²) in [5.41, 5.74) is 3.34. The fraction of sp³-hybridized carbons (Fsp3) is 0.350. The third kappa shape index (κ3) is 4.34. The van der Waals surface area contributed by atoms with Gasteiger partial charge in [-0.1, -0.05) is 42.8 Å². The third-order valence-corrected chi connectivity index (χ3v) is 4.03. The minimum atomic E-state index is -0.727. The molecule has 0 radical (unpaired) electrons. The summed E-state index contributed by atoms with van der Waals surface area (Å²) in [6.07, 6.45) is -0.269. The van der Waals surface area contributed by atoms with Crippen LogP contribution in [0.1, 0.15) is 43.0 Å². The molecule has 2 aromatic rings. The Kier molecular flexibility index (Phi) is 5.96. The zero-order valence-electron chi connectivity index (χ0n) is 14.6. The van der Waals surface area contributed by atoms with Crippen molar-refractivity contribution in [3.63, 3.8) is 0 Å². The average molecular weight is 329 g/mol. The highest BCUT2D eigenvalue weighted by atomic mass is 19.1. The predicted octanol–water partition coefficient (Wildman–Crippen LogP) is 4.48. The second-order valence-electron chi connectivity index (χ2n) is 6.04. The number of ether oxygens (including phenoxy) is 1. The highest BCUT2D eigenvalue weighted by Gasteiger charge is 2.22. The molecule has 2 rings (SSSR count). The summed E-state index contributed by atoms with van der Waals surface area (Å²) in [6, 6.07) is 12.1. The maximum atomic E-state index is 13.7. The molecule has 0 spiro atoms. The third-order valence-electron chi connectivity index (χ3n) is 4.03. The SMILES string of the molecule is CC[C@@H](Oc1ccccc1F)C(=O)N[C@@H](C)c1cc(C)ccc1C. The molecule has 0 fully saturated rings. The van der Waals surface area contributed by atoms with Crippen LogP contribution in [0.2, 0.25) is 0 Å². The van der Waals surface area contributed by atoms with E-state index >= 15 is 0 Å². The lowest BCUT2D eigenvalue weighted by Gasteiger charge is -2.22. The van der Waals surface area contributed by atoms with Crippen molar-refractivity contribution in [1.82, 2.24) is 5.32 Å². The Bertz CT molecular complexity index is 715. The molecule has 2 aromatic carbocycles. The standard InChI is InChI=1S/C20H24FNO2/c1-5-18(24-19-9-7-6-8-17(19)21)20(23)22-15(4)16-12-13(2)10-11-14(16)3/h6-12,15,18H,5H2,1-4H3,(H,22,23)/t15-,18+/m0/s1. The molecule has 0 saturated carbocycles. The number of hydrogen-bond donors (Lipinski definition) is 1. The zero-order valence-corrected chi connectivity index (χ0v) is 14.6. The fourth-order valence-corrected chi connectivity index (χ4v) is 2.63. The summed E-state index contributed by atoms with van der Waals surface area (Å²) in [5, 5.41) is 2.97. The first-order valence-electron chi connectivity index (χ1n) is 8.21. The zero-order chi connectivity index (χ0) is 17.7. The molecule has 0 aromatic heterocycles. The van der Waals surface area contributed by atoms with E-state index in [0.29, 0.717) is 6.42 Å². The number of aryl methyl sites for hydroxylation is 2. The van der Waals surface area contributed by atoms with E-state index in [4.69, 9.17) is 4.74 Å². The van der Waals surface area contributed by atoms with Crippen molar-refractivity contribution < 1.29 is 13.9 Å². The van der Waals surface area contributed by atoms with Crippen LogP contribution in [0, 0.1) is 19.7 Å². The lowest BCUT2D eigenvalue weighted by molar-refractivity contribution is -0.128. The van der Waals surface area contributed by atoms with Gasteiger partial charge in [-0.15, -0.1) is 0 Å². The summed E-state index contributed by atoms with van der Waals surface area (Å²) in [7, 11) is 0. The number of carbonyl (C=O) groups is 1. The van der Waals surface area contributed by atoms with E-state index in [9.17, 15) is 9.18 Å². The van der Waals surface area contributed by atoms with Crippen LogP contribution in [0.5, 0.6) is 5.75 Å². The molecule has 3 nitrogen and oxygen atoms in total. The van der Waals surface area contributed by atoms with Gasteiger partial charge in [0.2, 0.25) is 0 Å². The first-order chi connectivity index (χ1) is 11.4. The molecule has 2 atom stereocenters. The number of carbonyl (C=O) groups excluding carboxylic acids is 1. The number of para-hydroxylation sites is 1. The second-order valence-corrected chi connectivity index (χ2v) is 6.04. The lowest BCUT2D eigenvalue weighted by Crippen LogP contribution is -2.39. The number of hydrogen-bond acceptors (Lipinski definition) is 2. The Morgan fingerprint density at radius 3 is 2.58 bits per heavy atom. The van der Waals surface area contributed by atoms with Crippen LogP contribution in [0.25, 0.3) is 0 Å². The van der Waals surface area contributed by atoms with Crippen LogP contribution in [0.15, 0.2) is 42.5 Å². The van der Waals surface area contributed by atoms with Crippen LogP contribution < -0.4 is 10.1 Å². The van der Waals surface area contributed by atoms with Gasteiger partial charge in [0.05, 0.1) is 6.04 Å². The molecule has 0 aliphatic rings. The number of halogens is 1. The van der Waals surface area contributed by atoms with Crippen LogP contribution in [0.4, 0.5) is 4.39 Å². The molecule has 0 bridgehead atoms. The highest BCUT2D eigenvalue weighted by molar-refractivity contribution is 5.81. The van der Waals surface area contributed by atoms with Crippen molar-refractivity contribution in [2.45, 2.75) is 46.3 Å². The van der Waals surface area contributed by atoms with Crippen LogP contribution in [0.3, 0.4) is 0 Å². The van der Waals surface area contributed by atoms with Crippen molar-refractivity contribution in [3.8, 4) is 5.75 Å². The number of amides is 1. The molecule has 0 heterocycles. The van der Waals surface area contributed by atoms with Gasteiger partial charge in [-0.25, -0.2) is 4.39 Å². The Morgan fingerprint density at radius 2 is 1.92 bits per heavy atom. The highest BCUT2D eigenvalue weighted by Crippen LogP contribution is 2.21. The summed E-state index contributed by atoms with van der Waals surface area (Å²) >= 11 is 0. The van der Waals surface area contributed by atoms with E-state index in [1.54, 1.807) is 12.1 Å². The van der Waals surface area contributed by atoms with E-state index in [1.165, 1.54) is 12.1 Å². The van der Waals surface area contributed by atoms with Crippen molar-refractivity contribution in [2.75, 3.05) is 0 Å². The van der Waals surface area contributed by atoms with Crippen molar-refractivity contribution in [2.24, 2.45) is 0 Å². The first-order valence-corrected chi connectivity index (χ1v) is 8.21. The summed E-state index contributed by atoms with van der Waals surface area (Å²) in [5.74, 6) is -0.612. The van der Waals surface area contributed by atoms with Gasteiger partial charge in [-0.2, -0.15) is 0 Å². The predicted molar refractivity (Wildman–Crippen MR) is 93.6 cm³/mol. The van der Waals surface area contributed by atoms with Gasteiger partial charge in [0, 0.05) is 0 Å². The Labute approximate surface area is 142 Å². The minimum Gasteiger partial charge on any atom is -0.478 e. The molecular weight excluding hydrogens is 305 g/mol. The van der Waals surface area contributed by atoms with Gasteiger partial charge in [-0.3, -0.25) is 4.79 Å². The average Bonchev–Trinajstić information content (AvgIpc) is 2.56. The Hall–Kier alpha value is -2.36. The maximum Gasteiger partial charge on any atom is 0.261 e. The molecule has 0 unspecified atom stereocenters. The van der Waals surface area contributed by atoms with Gasteiger partial charge in [0.1, 0.15) is 0 Å². The quantitative estimate of drug-likeness (QED) is 0.849. The van der Waals surface area contributed by atoms with Crippen LogP contribution in [-0.4, -0.2) is 12.0 Å². The van der Waals surface area contributed by atoms with Gasteiger partial charge in [0.25, 0.3) is 5.91 Å². The molecule has 128 valence electrons. The number of rotatable bonds is 6. The van der Waals surface area contributed by atoms with E-state index in [1.807, 2.05) is 39.8 Å². The molecular formula is C20H24FNO2. The molecule has 4 heteroatoms. The fourth-order valence-electron chi connectivity index (χ4n) is 2.63. The van der Waals surface area contributed by atoms with Crippen LogP contribution in [-0.2, 0) is 4.79 Å². The maximum absolute atomic E-state index is 13.7. The number of nitrogens with one attached hydrogen (secondary N) is 1. The first kappa shape index (κ1) is 18.0. The lowest BCUT2D eigenvalue weighted by atomic mass is 10.00. The van der Waals surface area contributed by atoms with E-state index < -0.39 is 11.9 Å². The molecule has 1 N–H and O–H groups in total. The Balaban J connectivity index is 2.09. The van der Waals surface area contributed by atoms with Gasteiger partial charge >= 0.3 is 0 Å². The largest absolute Gasteiger partial charge is 0.478 e. The van der Waals surface area contributed by atoms with Gasteiger partial charge in [-0.05, 0) is 50.5 Å². The van der Waals surface area contributed by atoms with Crippen molar-refractivity contribution in [3.05, 3.63) is 65.0 Å². The second kappa shape index (κ2) is 7.95. The van der Waals surface area contributed by atoms with Crippen LogP contribution >= 0.6 is 0 Å². The van der Waals surface area contributed by atoms with Gasteiger partial charge in [0.15, 0.2) is 17.7 Å². The monoisotopic (exact) mass is 329 g/mol. The molecule has 1 amide bonds. The van der Waals surface area contributed by atoms with E-state index in [2.05, 4.69) is 11.4 Å². The molecule has 0 aliphatic carbocycles. The minimum absolute atomic E-state index is 0.0962.